The lowest BCUT2D eigenvalue weighted by Gasteiger charge is -2.08. The minimum atomic E-state index is -4.75. The summed E-state index contributed by atoms with van der Waals surface area (Å²) < 4.78 is 45.2. The van der Waals surface area contributed by atoms with Gasteiger partial charge in [-0.05, 0) is 30.7 Å². The Kier molecular flexibility index (Phi) is 4.87. The van der Waals surface area contributed by atoms with Crippen LogP contribution in [0.15, 0.2) is 54.6 Å². The molecule has 0 aliphatic heterocycles. The van der Waals surface area contributed by atoms with Gasteiger partial charge in [-0.25, -0.2) is 9.48 Å². The van der Waals surface area contributed by atoms with Crippen molar-refractivity contribution in [2.45, 2.75) is 13.1 Å². The van der Waals surface area contributed by atoms with Crippen molar-refractivity contribution < 1.29 is 27.6 Å². The summed E-state index contributed by atoms with van der Waals surface area (Å²) >= 11 is 0. The van der Waals surface area contributed by atoms with Gasteiger partial charge >= 0.3 is 12.1 Å². The van der Waals surface area contributed by atoms with Crippen LogP contribution in [0, 0.1) is 17.0 Å². The first-order valence-corrected chi connectivity index (χ1v) is 7.86. The fourth-order valence-corrected chi connectivity index (χ4v) is 2.42. The van der Waals surface area contributed by atoms with Gasteiger partial charge in [-0.15, -0.1) is 0 Å². The van der Waals surface area contributed by atoms with Gasteiger partial charge in [0.1, 0.15) is 0 Å². The average molecular weight is 391 g/mol. The third-order valence-corrected chi connectivity index (χ3v) is 3.70. The van der Waals surface area contributed by atoms with E-state index in [4.69, 9.17) is 4.74 Å². The Balaban J connectivity index is 2.01. The van der Waals surface area contributed by atoms with Crippen LogP contribution >= 0.6 is 0 Å². The van der Waals surface area contributed by atoms with Crippen molar-refractivity contribution in [1.82, 2.24) is 9.78 Å². The largest absolute Gasteiger partial charge is 0.435 e. The van der Waals surface area contributed by atoms with E-state index in [1.165, 1.54) is 24.3 Å². The van der Waals surface area contributed by atoms with Gasteiger partial charge in [-0.1, -0.05) is 18.2 Å². The molecule has 0 saturated carbocycles. The number of halogens is 3. The second-order valence-corrected chi connectivity index (χ2v) is 5.81. The van der Waals surface area contributed by atoms with Gasteiger partial charge in [-0.2, -0.15) is 18.3 Å². The molecule has 0 N–H and O–H groups in total. The van der Waals surface area contributed by atoms with Crippen LogP contribution in [-0.2, 0) is 6.18 Å². The molecule has 2 aromatic carbocycles. The Morgan fingerprint density at radius 1 is 1.14 bits per heavy atom. The molecular weight excluding hydrogens is 379 g/mol. The summed E-state index contributed by atoms with van der Waals surface area (Å²) in [5.41, 5.74) is -0.747. The number of non-ortho nitro benzene ring substituents is 1. The van der Waals surface area contributed by atoms with Crippen LogP contribution in [0.3, 0.4) is 0 Å². The van der Waals surface area contributed by atoms with Gasteiger partial charge in [0.2, 0.25) is 5.88 Å². The van der Waals surface area contributed by atoms with E-state index in [-0.39, 0.29) is 16.9 Å². The number of carbonyl (C=O) groups excluding carboxylic acids is 1. The number of alkyl halides is 3. The molecule has 0 amide bonds. The molecule has 0 unspecified atom stereocenters. The quantitative estimate of drug-likeness (QED) is 0.375. The third kappa shape index (κ3) is 4.00. The highest BCUT2D eigenvalue weighted by Gasteiger charge is 2.36. The lowest BCUT2D eigenvalue weighted by Crippen LogP contribution is -2.12. The fraction of sp³-hybridized carbons (Fsp3) is 0.111. The van der Waals surface area contributed by atoms with Crippen LogP contribution in [0.5, 0.6) is 5.88 Å². The number of hydrogen-bond acceptors (Lipinski definition) is 5. The number of nitrogens with zero attached hydrogens (tertiary/aromatic N) is 3. The molecule has 0 bridgehead atoms. The van der Waals surface area contributed by atoms with Crippen LogP contribution < -0.4 is 4.74 Å². The summed E-state index contributed by atoms with van der Waals surface area (Å²) in [4.78, 5) is 22.5. The molecule has 0 aliphatic rings. The molecule has 3 aromatic rings. The molecule has 144 valence electrons. The SMILES string of the molecule is Cc1cccc(-n2nc(C(F)(F)F)cc2OC(=O)c2cccc([N+](=O)[O-])c2)c1. The number of esters is 1. The first kappa shape index (κ1) is 19.1. The van der Waals surface area contributed by atoms with E-state index in [2.05, 4.69) is 5.10 Å². The summed E-state index contributed by atoms with van der Waals surface area (Å²) in [6, 6.07) is 11.7. The monoisotopic (exact) mass is 391 g/mol. The Morgan fingerprint density at radius 2 is 1.86 bits per heavy atom. The molecule has 0 spiro atoms. The van der Waals surface area contributed by atoms with Crippen molar-refractivity contribution >= 4 is 11.7 Å². The summed E-state index contributed by atoms with van der Waals surface area (Å²) in [5, 5.41) is 14.3. The number of benzene rings is 2. The maximum absolute atomic E-state index is 13.1. The van der Waals surface area contributed by atoms with Gasteiger partial charge in [-0.3, -0.25) is 10.1 Å². The van der Waals surface area contributed by atoms with Gasteiger partial charge in [0.05, 0.1) is 16.2 Å². The average Bonchev–Trinajstić information content (AvgIpc) is 3.06. The highest BCUT2D eigenvalue weighted by Crippen LogP contribution is 2.32. The summed E-state index contributed by atoms with van der Waals surface area (Å²) in [7, 11) is 0. The number of aryl methyl sites for hydroxylation is 1. The molecule has 0 radical (unpaired) electrons. The van der Waals surface area contributed by atoms with Gasteiger partial charge in [0.15, 0.2) is 5.69 Å². The predicted molar refractivity (Wildman–Crippen MR) is 91.4 cm³/mol. The molecule has 28 heavy (non-hydrogen) atoms. The van der Waals surface area contributed by atoms with Gasteiger partial charge in [0, 0.05) is 18.2 Å². The first-order chi connectivity index (χ1) is 13.1. The van der Waals surface area contributed by atoms with E-state index < -0.39 is 28.6 Å². The number of carbonyl (C=O) groups is 1. The van der Waals surface area contributed by atoms with E-state index in [1.54, 1.807) is 25.1 Å². The second-order valence-electron chi connectivity index (χ2n) is 5.81. The number of ether oxygens (including phenoxy) is 1. The van der Waals surface area contributed by atoms with E-state index in [0.717, 1.165) is 16.3 Å². The van der Waals surface area contributed by atoms with Crippen LogP contribution in [0.2, 0.25) is 0 Å². The molecule has 1 heterocycles. The van der Waals surface area contributed by atoms with Crippen LogP contribution in [0.1, 0.15) is 21.6 Å². The number of nitro groups is 1. The molecule has 0 aliphatic carbocycles. The van der Waals surface area contributed by atoms with E-state index >= 15 is 0 Å². The first-order valence-electron chi connectivity index (χ1n) is 7.86. The lowest BCUT2D eigenvalue weighted by atomic mass is 10.2. The second kappa shape index (κ2) is 7.14. The zero-order valence-electron chi connectivity index (χ0n) is 14.3. The normalized spacial score (nSPS) is 11.3. The van der Waals surface area contributed by atoms with Crippen LogP contribution in [0.25, 0.3) is 5.69 Å². The van der Waals surface area contributed by atoms with E-state index in [1.807, 2.05) is 0 Å². The number of hydrogen-bond donors (Lipinski definition) is 0. The Hall–Kier alpha value is -3.69. The third-order valence-electron chi connectivity index (χ3n) is 3.70. The standard InChI is InChI=1S/C18H12F3N3O4/c1-11-4-2-6-13(8-11)23-16(10-15(22-23)18(19,20)21)28-17(25)12-5-3-7-14(9-12)24(26)27/h2-10H,1H3. The van der Waals surface area contributed by atoms with E-state index in [9.17, 15) is 28.1 Å². The molecule has 7 nitrogen and oxygen atoms in total. The number of aromatic nitrogens is 2. The van der Waals surface area contributed by atoms with E-state index in [0.29, 0.717) is 6.07 Å². The van der Waals surface area contributed by atoms with Gasteiger partial charge in [0.25, 0.3) is 5.69 Å². The minimum Gasteiger partial charge on any atom is -0.404 e. The number of nitro benzene ring substituents is 1. The van der Waals surface area contributed by atoms with Crippen molar-refractivity contribution in [1.29, 1.82) is 0 Å². The zero-order valence-corrected chi connectivity index (χ0v) is 14.3. The predicted octanol–water partition coefficient (Wildman–Crippen LogP) is 4.33. The highest BCUT2D eigenvalue weighted by atomic mass is 19.4. The molecule has 0 fully saturated rings. The lowest BCUT2D eigenvalue weighted by molar-refractivity contribution is -0.384. The van der Waals surface area contributed by atoms with Crippen molar-refractivity contribution in [3.63, 3.8) is 0 Å². The van der Waals surface area contributed by atoms with Crippen molar-refractivity contribution in [3.8, 4) is 11.6 Å². The topological polar surface area (TPSA) is 87.3 Å². The van der Waals surface area contributed by atoms with Crippen molar-refractivity contribution in [3.05, 3.63) is 81.5 Å². The molecule has 0 atom stereocenters. The smallest absolute Gasteiger partial charge is 0.404 e. The van der Waals surface area contributed by atoms with Crippen LogP contribution in [0.4, 0.5) is 18.9 Å². The van der Waals surface area contributed by atoms with Crippen molar-refractivity contribution in [2.75, 3.05) is 0 Å². The zero-order chi connectivity index (χ0) is 20.5. The molecule has 0 saturated heterocycles. The maximum Gasteiger partial charge on any atom is 0.435 e. The van der Waals surface area contributed by atoms with Gasteiger partial charge < -0.3 is 4.74 Å². The minimum absolute atomic E-state index is 0.181. The summed E-state index contributed by atoms with van der Waals surface area (Å²) in [6.07, 6.45) is -4.75. The number of rotatable bonds is 4. The summed E-state index contributed by atoms with van der Waals surface area (Å²) in [6.45, 7) is 1.74. The molecule has 3 rings (SSSR count). The molecular formula is C18H12F3N3O4. The Morgan fingerprint density at radius 3 is 2.50 bits per heavy atom. The summed E-state index contributed by atoms with van der Waals surface area (Å²) in [5.74, 6) is -1.51. The molecule has 10 heteroatoms. The Bertz CT molecular complexity index is 1060. The highest BCUT2D eigenvalue weighted by molar-refractivity contribution is 5.91. The van der Waals surface area contributed by atoms with Crippen molar-refractivity contribution in [2.24, 2.45) is 0 Å². The Labute approximate surface area is 156 Å². The maximum atomic E-state index is 13.1. The fourth-order valence-electron chi connectivity index (χ4n) is 2.42. The van der Waals surface area contributed by atoms with Crippen LogP contribution in [-0.4, -0.2) is 20.7 Å². The molecule has 1 aromatic heterocycles.